The predicted molar refractivity (Wildman–Crippen MR) is 88.7 cm³/mol. The van der Waals surface area contributed by atoms with Crippen LogP contribution in [0.1, 0.15) is 32.2 Å². The van der Waals surface area contributed by atoms with Gasteiger partial charge in [-0.3, -0.25) is 4.79 Å². The monoisotopic (exact) mass is 337 g/mol. The van der Waals surface area contributed by atoms with Gasteiger partial charge in [-0.2, -0.15) is 0 Å². The average molecular weight is 338 g/mol. The van der Waals surface area contributed by atoms with Crippen molar-refractivity contribution in [3.8, 4) is 0 Å². The lowest BCUT2D eigenvalue weighted by atomic mass is 10.2. The molecule has 2 aromatic rings. The van der Waals surface area contributed by atoms with E-state index in [1.165, 1.54) is 6.07 Å². The van der Waals surface area contributed by atoms with Crippen LogP contribution in [0, 0.1) is 11.7 Å². The zero-order chi connectivity index (χ0) is 17.0. The number of aromatic nitrogens is 2. The number of carbonyl (C=O) groups excluding carboxylic acids is 1. The topological polar surface area (TPSA) is 38.1 Å². The first-order chi connectivity index (χ1) is 10.9. The molecule has 23 heavy (non-hydrogen) atoms. The summed E-state index contributed by atoms with van der Waals surface area (Å²) < 4.78 is 15.8. The molecule has 1 aromatic heterocycles. The fourth-order valence-corrected chi connectivity index (χ4v) is 2.63. The lowest BCUT2D eigenvalue weighted by Gasteiger charge is -2.23. The molecule has 1 amide bonds. The summed E-state index contributed by atoms with van der Waals surface area (Å²) in [5, 5.41) is 0.384. The minimum Gasteiger partial charge on any atom is -0.335 e. The molecule has 2 rings (SSSR count). The number of carbonyl (C=O) groups is 1. The fraction of sp³-hybridized carbons (Fsp3) is 0.412. The Morgan fingerprint density at radius 3 is 2.78 bits per heavy atom. The van der Waals surface area contributed by atoms with E-state index in [9.17, 15) is 9.18 Å². The molecule has 0 saturated carbocycles. The van der Waals surface area contributed by atoms with Gasteiger partial charge in [0.25, 0.3) is 0 Å². The van der Waals surface area contributed by atoms with Gasteiger partial charge in [0.1, 0.15) is 11.6 Å². The Morgan fingerprint density at radius 1 is 1.43 bits per heavy atom. The van der Waals surface area contributed by atoms with E-state index < -0.39 is 0 Å². The molecule has 0 spiro atoms. The third kappa shape index (κ3) is 4.55. The molecule has 0 saturated heterocycles. The van der Waals surface area contributed by atoms with Crippen molar-refractivity contribution in [2.24, 2.45) is 5.92 Å². The van der Waals surface area contributed by atoms with E-state index in [4.69, 9.17) is 11.6 Å². The van der Waals surface area contributed by atoms with Crippen molar-refractivity contribution in [1.29, 1.82) is 0 Å². The number of nitrogens with zero attached hydrogens (tertiary/aromatic N) is 3. The Hall–Kier alpha value is -1.88. The highest BCUT2D eigenvalue weighted by Crippen LogP contribution is 2.21. The average Bonchev–Trinajstić information content (AvgIpc) is 2.89. The number of hydrogen-bond donors (Lipinski definition) is 0. The Kier molecular flexibility index (Phi) is 5.77. The standard InChI is InChI=1S/C17H21ClFN3O/c1-12(2)9-22(13(3)23)11-17-20-7-8-21(17)10-14-15(18)5-4-6-16(14)19/h4-8,12H,9-11H2,1-3H3. The summed E-state index contributed by atoms with van der Waals surface area (Å²) in [5.41, 5.74) is 0.423. The van der Waals surface area contributed by atoms with Crippen molar-refractivity contribution in [2.45, 2.75) is 33.9 Å². The molecular weight excluding hydrogens is 317 g/mol. The molecule has 0 radical (unpaired) electrons. The highest BCUT2D eigenvalue weighted by atomic mass is 35.5. The van der Waals surface area contributed by atoms with Gasteiger partial charge in [-0.05, 0) is 18.1 Å². The molecule has 6 heteroatoms. The summed E-state index contributed by atoms with van der Waals surface area (Å²) in [6, 6.07) is 4.63. The lowest BCUT2D eigenvalue weighted by Crippen LogP contribution is -2.32. The van der Waals surface area contributed by atoms with E-state index in [-0.39, 0.29) is 18.3 Å². The largest absolute Gasteiger partial charge is 0.335 e. The second kappa shape index (κ2) is 7.59. The van der Waals surface area contributed by atoms with Gasteiger partial charge in [0.2, 0.25) is 5.91 Å². The summed E-state index contributed by atoms with van der Waals surface area (Å²) >= 11 is 6.09. The Labute approximate surface area is 140 Å². The van der Waals surface area contributed by atoms with E-state index in [1.54, 1.807) is 36.4 Å². The van der Waals surface area contributed by atoms with Crippen molar-refractivity contribution in [2.75, 3.05) is 6.54 Å². The fourth-order valence-electron chi connectivity index (χ4n) is 2.41. The molecule has 0 atom stereocenters. The summed E-state index contributed by atoms with van der Waals surface area (Å²) in [6.45, 7) is 7.00. The quantitative estimate of drug-likeness (QED) is 0.805. The third-order valence-corrected chi connectivity index (χ3v) is 3.91. The van der Waals surface area contributed by atoms with Crippen molar-refractivity contribution < 1.29 is 9.18 Å². The molecule has 0 unspecified atom stereocenters. The number of halogens is 2. The van der Waals surface area contributed by atoms with Crippen LogP contribution >= 0.6 is 11.6 Å². The van der Waals surface area contributed by atoms with E-state index in [0.717, 1.165) is 0 Å². The molecule has 1 aromatic carbocycles. The van der Waals surface area contributed by atoms with Crippen LogP contribution in [0.15, 0.2) is 30.6 Å². The Bertz CT molecular complexity index is 664. The highest BCUT2D eigenvalue weighted by Gasteiger charge is 2.16. The Balaban J connectivity index is 2.21. The van der Waals surface area contributed by atoms with E-state index in [2.05, 4.69) is 18.8 Å². The van der Waals surface area contributed by atoms with Gasteiger partial charge in [-0.15, -0.1) is 0 Å². The Morgan fingerprint density at radius 2 is 2.17 bits per heavy atom. The maximum Gasteiger partial charge on any atom is 0.219 e. The van der Waals surface area contributed by atoms with Crippen LogP contribution in [-0.2, 0) is 17.9 Å². The maximum atomic E-state index is 14.0. The minimum atomic E-state index is -0.345. The second-order valence-corrected chi connectivity index (χ2v) is 6.37. The first-order valence-electron chi connectivity index (χ1n) is 7.57. The van der Waals surface area contributed by atoms with Crippen molar-refractivity contribution in [3.05, 3.63) is 52.8 Å². The van der Waals surface area contributed by atoms with Crippen LogP contribution in [0.25, 0.3) is 0 Å². The molecule has 0 aliphatic heterocycles. The van der Waals surface area contributed by atoms with Gasteiger partial charge in [0.15, 0.2) is 0 Å². The van der Waals surface area contributed by atoms with Gasteiger partial charge >= 0.3 is 0 Å². The summed E-state index contributed by atoms with van der Waals surface area (Å²) in [5.74, 6) is 0.725. The van der Waals surface area contributed by atoms with Crippen LogP contribution < -0.4 is 0 Å². The van der Waals surface area contributed by atoms with E-state index in [1.807, 2.05) is 4.57 Å². The smallest absolute Gasteiger partial charge is 0.219 e. The van der Waals surface area contributed by atoms with Gasteiger partial charge in [-0.25, -0.2) is 9.37 Å². The van der Waals surface area contributed by atoms with Crippen LogP contribution in [0.3, 0.4) is 0 Å². The summed E-state index contributed by atoms with van der Waals surface area (Å²) in [7, 11) is 0. The van der Waals surface area contributed by atoms with Crippen LogP contribution in [0.5, 0.6) is 0 Å². The molecule has 0 N–H and O–H groups in total. The van der Waals surface area contributed by atoms with E-state index in [0.29, 0.717) is 35.4 Å². The predicted octanol–water partition coefficient (Wildman–Crippen LogP) is 3.73. The number of benzene rings is 1. The molecule has 0 aliphatic carbocycles. The molecule has 0 fully saturated rings. The van der Waals surface area contributed by atoms with Gasteiger partial charge in [-0.1, -0.05) is 31.5 Å². The minimum absolute atomic E-state index is 0.00262. The zero-order valence-electron chi connectivity index (χ0n) is 13.6. The third-order valence-electron chi connectivity index (χ3n) is 3.55. The van der Waals surface area contributed by atoms with Crippen molar-refractivity contribution in [3.63, 3.8) is 0 Å². The van der Waals surface area contributed by atoms with Gasteiger partial charge in [0, 0.05) is 36.4 Å². The maximum absolute atomic E-state index is 14.0. The lowest BCUT2D eigenvalue weighted by molar-refractivity contribution is -0.130. The molecular formula is C17H21ClFN3O. The highest BCUT2D eigenvalue weighted by molar-refractivity contribution is 6.31. The first kappa shape index (κ1) is 17.5. The number of hydrogen-bond acceptors (Lipinski definition) is 2. The van der Waals surface area contributed by atoms with E-state index >= 15 is 0 Å². The molecule has 0 aliphatic rings. The zero-order valence-corrected chi connectivity index (χ0v) is 14.3. The number of imidazole rings is 1. The molecule has 124 valence electrons. The molecule has 4 nitrogen and oxygen atoms in total. The first-order valence-corrected chi connectivity index (χ1v) is 7.94. The molecule has 0 bridgehead atoms. The summed E-state index contributed by atoms with van der Waals surface area (Å²) in [4.78, 5) is 17.8. The van der Waals surface area contributed by atoms with Crippen LogP contribution in [-0.4, -0.2) is 26.9 Å². The SMILES string of the molecule is CC(=O)N(Cc1nccn1Cc1c(F)cccc1Cl)CC(C)C. The second-order valence-electron chi connectivity index (χ2n) is 5.96. The normalized spacial score (nSPS) is 11.0. The van der Waals surface area contributed by atoms with Crippen LogP contribution in [0.2, 0.25) is 5.02 Å². The summed E-state index contributed by atoms with van der Waals surface area (Å²) in [6.07, 6.45) is 3.42. The van der Waals surface area contributed by atoms with Crippen molar-refractivity contribution >= 4 is 17.5 Å². The van der Waals surface area contributed by atoms with Gasteiger partial charge in [0.05, 0.1) is 13.1 Å². The molecule has 1 heterocycles. The number of amides is 1. The van der Waals surface area contributed by atoms with Crippen molar-refractivity contribution in [1.82, 2.24) is 14.5 Å². The number of rotatable bonds is 6. The van der Waals surface area contributed by atoms with Gasteiger partial charge < -0.3 is 9.47 Å². The van der Waals surface area contributed by atoms with Crippen LogP contribution in [0.4, 0.5) is 4.39 Å².